The van der Waals surface area contributed by atoms with Crippen molar-refractivity contribution in [2.45, 2.75) is 64.1 Å². The Morgan fingerprint density at radius 1 is 1.29 bits per heavy atom. The van der Waals surface area contributed by atoms with Crippen molar-refractivity contribution < 1.29 is 13.6 Å². The minimum Gasteiger partial charge on any atom is -0.351 e. The first-order valence-corrected chi connectivity index (χ1v) is 12.0. The van der Waals surface area contributed by atoms with Gasteiger partial charge in [-0.05, 0) is 50.8 Å². The van der Waals surface area contributed by atoms with Crippen LogP contribution in [0.4, 0.5) is 14.7 Å². The highest BCUT2D eigenvalue weighted by Gasteiger charge is 2.48. The van der Waals surface area contributed by atoms with Crippen LogP contribution in [0.3, 0.4) is 0 Å². The molecule has 1 aliphatic heterocycles. The molecule has 1 aromatic carbocycles. The van der Waals surface area contributed by atoms with Gasteiger partial charge in [0, 0.05) is 47.9 Å². The van der Waals surface area contributed by atoms with Gasteiger partial charge < -0.3 is 19.8 Å². The van der Waals surface area contributed by atoms with Crippen molar-refractivity contribution in [3.05, 3.63) is 36.4 Å². The number of aromatic amines is 1. The van der Waals surface area contributed by atoms with Crippen LogP contribution in [-0.4, -0.2) is 59.9 Å². The van der Waals surface area contributed by atoms with E-state index in [0.717, 1.165) is 42.3 Å². The fraction of sp³-hybridized carbons (Fsp3) is 0.440. The Morgan fingerprint density at radius 3 is 2.86 bits per heavy atom. The highest BCUT2D eigenvalue weighted by molar-refractivity contribution is 5.95. The zero-order chi connectivity index (χ0) is 24.3. The standard InChI is InChI=1S/C25H27F2N7O/c1-14-30-19-6-5-15(8-20(19)33(14)13-21(26)27)17-11-28-23-18(17)12-29-24(32-23)31-16-9-25(2,10-16)34-7-3-4-22(34)35/h5-6,8,11-12,16,21H,3-4,7,9-10,13H2,1-2H3,(H2,28,29,31,32). The Labute approximate surface area is 200 Å². The number of alkyl halides is 2. The van der Waals surface area contributed by atoms with Gasteiger partial charge in [0.2, 0.25) is 11.9 Å². The normalized spacial score (nSPS) is 22.5. The fourth-order valence-corrected chi connectivity index (χ4v) is 5.72. The summed E-state index contributed by atoms with van der Waals surface area (Å²) in [5, 5.41) is 4.26. The number of likely N-dealkylation sites (tertiary alicyclic amines) is 1. The quantitative estimate of drug-likeness (QED) is 0.425. The molecular weight excluding hydrogens is 452 g/mol. The largest absolute Gasteiger partial charge is 0.351 e. The summed E-state index contributed by atoms with van der Waals surface area (Å²) >= 11 is 0. The smallest absolute Gasteiger partial charge is 0.256 e. The van der Waals surface area contributed by atoms with Crippen LogP contribution in [0.2, 0.25) is 0 Å². The second-order valence-corrected chi connectivity index (χ2v) is 9.92. The molecule has 0 bridgehead atoms. The first kappa shape index (κ1) is 21.9. The summed E-state index contributed by atoms with van der Waals surface area (Å²) in [6.45, 7) is 4.36. The topological polar surface area (TPSA) is 91.7 Å². The number of aromatic nitrogens is 5. The molecule has 8 nitrogen and oxygen atoms in total. The number of nitrogens with zero attached hydrogens (tertiary/aromatic N) is 5. The molecule has 4 heterocycles. The third-order valence-corrected chi connectivity index (χ3v) is 7.43. The molecule has 0 unspecified atom stereocenters. The van der Waals surface area contributed by atoms with E-state index in [-0.39, 0.29) is 24.0 Å². The maximum absolute atomic E-state index is 13.1. The van der Waals surface area contributed by atoms with Crippen LogP contribution in [0.1, 0.15) is 38.4 Å². The number of carbonyl (C=O) groups excluding carboxylic acids is 1. The van der Waals surface area contributed by atoms with Gasteiger partial charge >= 0.3 is 0 Å². The molecule has 2 N–H and O–H groups in total. The zero-order valence-electron chi connectivity index (χ0n) is 19.7. The molecule has 4 aromatic rings. The van der Waals surface area contributed by atoms with E-state index in [1.54, 1.807) is 17.7 Å². The second kappa shape index (κ2) is 8.00. The molecule has 6 rings (SSSR count). The Morgan fingerprint density at radius 2 is 2.11 bits per heavy atom. The molecule has 3 aromatic heterocycles. The van der Waals surface area contributed by atoms with E-state index in [1.807, 2.05) is 29.3 Å². The molecule has 1 aliphatic carbocycles. The van der Waals surface area contributed by atoms with Crippen molar-refractivity contribution in [2.75, 3.05) is 11.9 Å². The third-order valence-electron chi connectivity index (χ3n) is 7.43. The van der Waals surface area contributed by atoms with E-state index in [9.17, 15) is 13.6 Å². The van der Waals surface area contributed by atoms with Gasteiger partial charge in [-0.2, -0.15) is 4.98 Å². The van der Waals surface area contributed by atoms with E-state index in [2.05, 4.69) is 32.2 Å². The van der Waals surface area contributed by atoms with Gasteiger partial charge in [0.15, 0.2) is 0 Å². The number of fused-ring (bicyclic) bond motifs is 2. The number of halogens is 2. The van der Waals surface area contributed by atoms with Gasteiger partial charge in [-0.25, -0.2) is 18.7 Å². The fourth-order valence-electron chi connectivity index (χ4n) is 5.72. The average Bonchev–Trinajstić information content (AvgIpc) is 3.49. The molecule has 182 valence electrons. The lowest BCUT2D eigenvalue weighted by atomic mass is 9.73. The van der Waals surface area contributed by atoms with Crippen LogP contribution in [-0.2, 0) is 11.3 Å². The highest BCUT2D eigenvalue weighted by atomic mass is 19.3. The predicted molar refractivity (Wildman–Crippen MR) is 129 cm³/mol. The summed E-state index contributed by atoms with van der Waals surface area (Å²) in [6, 6.07) is 5.90. The lowest BCUT2D eigenvalue weighted by Gasteiger charge is -2.51. The van der Waals surface area contributed by atoms with Crippen molar-refractivity contribution in [1.29, 1.82) is 0 Å². The average molecular weight is 480 g/mol. The molecule has 2 fully saturated rings. The molecule has 2 aliphatic rings. The Kier molecular flexibility index (Phi) is 5.01. The minimum atomic E-state index is -2.45. The lowest BCUT2D eigenvalue weighted by Crippen LogP contribution is -2.59. The Hall–Kier alpha value is -3.56. The van der Waals surface area contributed by atoms with Crippen molar-refractivity contribution in [2.24, 2.45) is 0 Å². The van der Waals surface area contributed by atoms with Crippen LogP contribution >= 0.6 is 0 Å². The Bertz CT molecular complexity index is 1440. The zero-order valence-corrected chi connectivity index (χ0v) is 19.7. The summed E-state index contributed by atoms with van der Waals surface area (Å²) in [5.41, 5.74) is 3.78. The van der Waals surface area contributed by atoms with Crippen LogP contribution in [0.15, 0.2) is 30.6 Å². The van der Waals surface area contributed by atoms with Crippen LogP contribution in [0.25, 0.3) is 33.2 Å². The highest BCUT2D eigenvalue weighted by Crippen LogP contribution is 2.41. The lowest BCUT2D eigenvalue weighted by molar-refractivity contribution is -0.136. The number of nitrogens with one attached hydrogen (secondary N) is 2. The third kappa shape index (κ3) is 3.71. The minimum absolute atomic E-state index is 0.0806. The van der Waals surface area contributed by atoms with E-state index in [4.69, 9.17) is 0 Å². The van der Waals surface area contributed by atoms with Crippen LogP contribution in [0.5, 0.6) is 0 Å². The maximum atomic E-state index is 13.1. The number of aryl methyl sites for hydroxylation is 1. The first-order chi connectivity index (χ1) is 16.8. The molecule has 1 saturated heterocycles. The monoisotopic (exact) mass is 479 g/mol. The van der Waals surface area contributed by atoms with E-state index in [1.165, 1.54) is 0 Å². The number of imidazole rings is 1. The summed E-state index contributed by atoms with van der Waals surface area (Å²) in [5.74, 6) is 1.37. The van der Waals surface area contributed by atoms with Crippen LogP contribution in [0, 0.1) is 6.92 Å². The number of benzene rings is 1. The molecule has 0 spiro atoms. The number of amides is 1. The summed E-state index contributed by atoms with van der Waals surface area (Å²) in [4.78, 5) is 31.0. The molecule has 1 amide bonds. The molecular formula is C25H27F2N7O. The van der Waals surface area contributed by atoms with Crippen LogP contribution < -0.4 is 5.32 Å². The second-order valence-electron chi connectivity index (χ2n) is 9.92. The number of anilines is 1. The summed E-state index contributed by atoms with van der Waals surface area (Å²) in [6.07, 6.45) is 4.55. The number of rotatable bonds is 6. The molecule has 0 radical (unpaired) electrons. The molecule has 1 saturated carbocycles. The van der Waals surface area contributed by atoms with Gasteiger partial charge in [-0.1, -0.05) is 6.07 Å². The Balaban J connectivity index is 1.22. The molecule has 10 heteroatoms. The predicted octanol–water partition coefficient (Wildman–Crippen LogP) is 4.50. The van der Waals surface area contributed by atoms with Gasteiger partial charge in [0.1, 0.15) is 11.5 Å². The summed E-state index contributed by atoms with van der Waals surface area (Å²) < 4.78 is 27.7. The van der Waals surface area contributed by atoms with E-state index < -0.39 is 6.43 Å². The first-order valence-electron chi connectivity index (χ1n) is 12.0. The van der Waals surface area contributed by atoms with E-state index >= 15 is 0 Å². The van der Waals surface area contributed by atoms with Crippen molar-refractivity contribution in [1.82, 2.24) is 29.4 Å². The van der Waals surface area contributed by atoms with E-state index in [0.29, 0.717) is 34.9 Å². The van der Waals surface area contributed by atoms with Gasteiger partial charge in [0.05, 0.1) is 17.6 Å². The number of H-pyrrole nitrogens is 1. The van der Waals surface area contributed by atoms with Gasteiger partial charge in [0.25, 0.3) is 6.43 Å². The number of hydrogen-bond acceptors (Lipinski definition) is 5. The maximum Gasteiger partial charge on any atom is 0.256 e. The van der Waals surface area contributed by atoms with Crippen molar-refractivity contribution >= 4 is 33.9 Å². The SMILES string of the molecule is Cc1nc2ccc(-c3c[nH]c4nc(NC5CC(C)(N6CCCC6=O)C5)ncc34)cc2n1CC(F)F. The van der Waals surface area contributed by atoms with Crippen molar-refractivity contribution in [3.63, 3.8) is 0 Å². The van der Waals surface area contributed by atoms with Gasteiger partial charge in [-0.15, -0.1) is 0 Å². The number of carbonyl (C=O) groups is 1. The molecule has 35 heavy (non-hydrogen) atoms. The van der Waals surface area contributed by atoms with Crippen molar-refractivity contribution in [3.8, 4) is 11.1 Å². The summed E-state index contributed by atoms with van der Waals surface area (Å²) in [7, 11) is 0. The van der Waals surface area contributed by atoms with Gasteiger partial charge in [-0.3, -0.25) is 4.79 Å². The number of hydrogen-bond donors (Lipinski definition) is 2. The molecule has 0 atom stereocenters.